The zero-order valence-electron chi connectivity index (χ0n) is 16.7. The van der Waals surface area contributed by atoms with E-state index >= 15 is 0 Å². The maximum Gasteiger partial charge on any atom is 0.259 e. The molecule has 2 saturated heterocycles. The molecule has 1 N–H and O–H groups in total. The van der Waals surface area contributed by atoms with E-state index < -0.39 is 0 Å². The smallest absolute Gasteiger partial charge is 0.259 e. The summed E-state index contributed by atoms with van der Waals surface area (Å²) in [5.41, 5.74) is 3.51. The van der Waals surface area contributed by atoms with Crippen LogP contribution in [-0.2, 0) is 0 Å². The molecule has 28 heavy (non-hydrogen) atoms. The van der Waals surface area contributed by atoms with Gasteiger partial charge in [-0.15, -0.1) is 12.4 Å². The minimum absolute atomic E-state index is 0. The molecule has 0 radical (unpaired) electrons. The molecule has 2 aromatic heterocycles. The van der Waals surface area contributed by atoms with Crippen molar-refractivity contribution in [2.45, 2.75) is 57.8 Å². The summed E-state index contributed by atoms with van der Waals surface area (Å²) < 4.78 is 5.54. The van der Waals surface area contributed by atoms with E-state index in [4.69, 9.17) is 4.52 Å². The Morgan fingerprint density at radius 3 is 2.64 bits per heavy atom. The van der Waals surface area contributed by atoms with Crippen LogP contribution in [0.25, 0.3) is 11.1 Å². The van der Waals surface area contributed by atoms with E-state index in [-0.39, 0.29) is 24.2 Å². The maximum absolute atomic E-state index is 13.5. The van der Waals surface area contributed by atoms with Crippen LogP contribution < -0.4 is 5.32 Å². The van der Waals surface area contributed by atoms with Crippen molar-refractivity contribution in [2.75, 3.05) is 26.2 Å². The Morgan fingerprint density at radius 2 is 2.04 bits per heavy atom. The number of rotatable bonds is 3. The SMILES string of the molecule is CC(C)c1noc2nc(C3CC3)cc(C(=O)N3CCC4(CCNC4)CC3)c12.Cl. The highest BCUT2D eigenvalue weighted by Gasteiger charge is 2.39. The Balaban J connectivity index is 0.00000192. The van der Waals surface area contributed by atoms with Crippen LogP contribution in [0.3, 0.4) is 0 Å². The zero-order chi connectivity index (χ0) is 18.6. The lowest BCUT2D eigenvalue weighted by Gasteiger charge is -2.39. The van der Waals surface area contributed by atoms with Crippen molar-refractivity contribution in [1.82, 2.24) is 20.4 Å². The van der Waals surface area contributed by atoms with Crippen LogP contribution in [0.4, 0.5) is 0 Å². The van der Waals surface area contributed by atoms with Crippen molar-refractivity contribution in [2.24, 2.45) is 5.41 Å². The molecule has 0 unspecified atom stereocenters. The van der Waals surface area contributed by atoms with Crippen LogP contribution >= 0.6 is 12.4 Å². The van der Waals surface area contributed by atoms with E-state index in [0.717, 1.165) is 74.2 Å². The molecular weight excluding hydrogens is 376 g/mol. The minimum atomic E-state index is 0. The van der Waals surface area contributed by atoms with Crippen molar-refractivity contribution >= 4 is 29.4 Å². The number of pyridine rings is 1. The van der Waals surface area contributed by atoms with Gasteiger partial charge in [0, 0.05) is 31.2 Å². The number of hydrogen-bond acceptors (Lipinski definition) is 5. The number of halogens is 1. The van der Waals surface area contributed by atoms with Crippen LogP contribution in [0.1, 0.15) is 79.5 Å². The summed E-state index contributed by atoms with van der Waals surface area (Å²) in [6.45, 7) is 8.05. The van der Waals surface area contributed by atoms with Crippen molar-refractivity contribution < 1.29 is 9.32 Å². The summed E-state index contributed by atoms with van der Waals surface area (Å²) in [4.78, 5) is 20.2. The molecule has 1 saturated carbocycles. The summed E-state index contributed by atoms with van der Waals surface area (Å²) in [7, 11) is 0. The molecule has 3 aliphatic rings. The van der Waals surface area contributed by atoms with Gasteiger partial charge in [0.25, 0.3) is 11.6 Å². The topological polar surface area (TPSA) is 71.3 Å². The molecule has 1 spiro atoms. The summed E-state index contributed by atoms with van der Waals surface area (Å²) >= 11 is 0. The summed E-state index contributed by atoms with van der Waals surface area (Å²) in [5.74, 6) is 0.790. The number of carbonyl (C=O) groups excluding carboxylic acids is 1. The number of piperidine rings is 1. The normalized spacial score (nSPS) is 21.5. The average Bonchev–Trinajstić information content (AvgIpc) is 3.28. The fourth-order valence-electron chi connectivity index (χ4n) is 4.72. The molecular formula is C21H29ClN4O2. The molecule has 6 nitrogen and oxygen atoms in total. The zero-order valence-corrected chi connectivity index (χ0v) is 17.5. The molecule has 0 atom stereocenters. The number of nitrogens with one attached hydrogen (secondary N) is 1. The first kappa shape index (κ1) is 19.6. The molecule has 2 aromatic rings. The lowest BCUT2D eigenvalue weighted by molar-refractivity contribution is 0.0609. The molecule has 7 heteroatoms. The standard InChI is InChI=1S/C21H28N4O2.ClH/c1-13(2)18-17-15(11-16(14-3-4-14)23-19(17)27-24-18)20(26)25-9-6-21(7-10-25)5-8-22-12-21;/h11,13-14,22H,3-10,12H2,1-2H3;1H. The van der Waals surface area contributed by atoms with Gasteiger partial charge in [0.15, 0.2) is 0 Å². The van der Waals surface area contributed by atoms with Crippen molar-refractivity contribution in [3.63, 3.8) is 0 Å². The number of aromatic nitrogens is 2. The van der Waals surface area contributed by atoms with Gasteiger partial charge < -0.3 is 14.7 Å². The average molecular weight is 405 g/mol. The molecule has 2 aliphatic heterocycles. The Labute approximate surface area is 171 Å². The number of likely N-dealkylation sites (tertiary alicyclic amines) is 1. The second-order valence-corrected chi connectivity index (χ2v) is 8.99. The third-order valence-electron chi connectivity index (χ3n) is 6.71. The molecule has 0 bridgehead atoms. The molecule has 0 aromatic carbocycles. The van der Waals surface area contributed by atoms with Gasteiger partial charge in [-0.25, -0.2) is 4.98 Å². The molecule has 5 rings (SSSR count). The van der Waals surface area contributed by atoms with Gasteiger partial charge in [0.05, 0.1) is 16.6 Å². The van der Waals surface area contributed by atoms with Crippen molar-refractivity contribution in [3.8, 4) is 0 Å². The molecule has 152 valence electrons. The fourth-order valence-corrected chi connectivity index (χ4v) is 4.72. The Bertz CT molecular complexity index is 874. The number of hydrogen-bond donors (Lipinski definition) is 1. The van der Waals surface area contributed by atoms with E-state index in [2.05, 4.69) is 29.3 Å². The third kappa shape index (κ3) is 3.30. The van der Waals surface area contributed by atoms with Crippen LogP contribution in [-0.4, -0.2) is 47.1 Å². The Kier molecular flexibility index (Phi) is 5.12. The highest BCUT2D eigenvalue weighted by atomic mass is 35.5. The van der Waals surface area contributed by atoms with E-state index in [1.807, 2.05) is 11.0 Å². The monoisotopic (exact) mass is 404 g/mol. The number of nitrogens with zero attached hydrogens (tertiary/aromatic N) is 3. The first-order valence-electron chi connectivity index (χ1n) is 10.4. The summed E-state index contributed by atoms with van der Waals surface area (Å²) in [5, 5.41) is 8.56. The van der Waals surface area contributed by atoms with E-state index in [1.54, 1.807) is 0 Å². The number of fused-ring (bicyclic) bond motifs is 1. The predicted octanol–water partition coefficient (Wildman–Crippen LogP) is 3.86. The maximum atomic E-state index is 13.5. The molecule has 3 fully saturated rings. The third-order valence-corrected chi connectivity index (χ3v) is 6.71. The first-order valence-corrected chi connectivity index (χ1v) is 10.4. The summed E-state index contributed by atoms with van der Waals surface area (Å²) in [6, 6.07) is 2.02. The van der Waals surface area contributed by atoms with Gasteiger partial charge in [0.2, 0.25) is 0 Å². The van der Waals surface area contributed by atoms with Gasteiger partial charge in [-0.3, -0.25) is 4.79 Å². The van der Waals surface area contributed by atoms with Crippen LogP contribution in [0.5, 0.6) is 0 Å². The van der Waals surface area contributed by atoms with E-state index in [0.29, 0.717) is 17.0 Å². The fraction of sp³-hybridized carbons (Fsp3) is 0.667. The molecule has 1 amide bonds. The Morgan fingerprint density at radius 1 is 1.29 bits per heavy atom. The summed E-state index contributed by atoms with van der Waals surface area (Å²) in [6.07, 6.45) is 5.73. The van der Waals surface area contributed by atoms with Gasteiger partial charge in [-0.05, 0) is 56.0 Å². The van der Waals surface area contributed by atoms with Gasteiger partial charge in [-0.2, -0.15) is 0 Å². The van der Waals surface area contributed by atoms with Crippen molar-refractivity contribution in [1.29, 1.82) is 0 Å². The van der Waals surface area contributed by atoms with Gasteiger partial charge >= 0.3 is 0 Å². The molecule has 1 aliphatic carbocycles. The number of carbonyl (C=O) groups is 1. The highest BCUT2D eigenvalue weighted by molar-refractivity contribution is 6.06. The minimum Gasteiger partial charge on any atom is -0.339 e. The van der Waals surface area contributed by atoms with Gasteiger partial charge in [-0.1, -0.05) is 19.0 Å². The van der Waals surface area contributed by atoms with Crippen LogP contribution in [0.2, 0.25) is 0 Å². The lowest BCUT2D eigenvalue weighted by Crippen LogP contribution is -2.44. The van der Waals surface area contributed by atoms with E-state index in [1.165, 1.54) is 6.42 Å². The van der Waals surface area contributed by atoms with E-state index in [9.17, 15) is 4.79 Å². The quantitative estimate of drug-likeness (QED) is 0.840. The van der Waals surface area contributed by atoms with Crippen LogP contribution in [0, 0.1) is 5.41 Å². The largest absolute Gasteiger partial charge is 0.339 e. The molecule has 4 heterocycles. The second-order valence-electron chi connectivity index (χ2n) is 8.99. The van der Waals surface area contributed by atoms with Gasteiger partial charge in [0.1, 0.15) is 0 Å². The predicted molar refractivity (Wildman–Crippen MR) is 110 cm³/mol. The lowest BCUT2D eigenvalue weighted by atomic mass is 9.77. The highest BCUT2D eigenvalue weighted by Crippen LogP contribution is 2.42. The van der Waals surface area contributed by atoms with Crippen molar-refractivity contribution in [3.05, 3.63) is 23.0 Å². The Hall–Kier alpha value is -1.66. The first-order chi connectivity index (χ1) is 13.1. The van der Waals surface area contributed by atoms with Crippen LogP contribution in [0.15, 0.2) is 10.6 Å². The second kappa shape index (κ2) is 7.30. The number of amides is 1.